The molecule has 3 amide bonds. The maximum Gasteiger partial charge on any atom is 0.326 e. The zero-order chi connectivity index (χ0) is 15.5. The van der Waals surface area contributed by atoms with Crippen molar-refractivity contribution >= 4 is 17.9 Å². The summed E-state index contributed by atoms with van der Waals surface area (Å²) < 4.78 is 4.78. The normalized spacial score (nSPS) is 13.2. The number of rotatable bonds is 9. The van der Waals surface area contributed by atoms with E-state index in [1.54, 1.807) is 0 Å². The zero-order valence-electron chi connectivity index (χ0n) is 12.1. The number of carboxylic acid groups (broad SMARTS) is 1. The maximum absolute atomic E-state index is 11.6. The van der Waals surface area contributed by atoms with Gasteiger partial charge in [-0.3, -0.25) is 4.79 Å². The molecule has 0 spiro atoms. The molecule has 0 aromatic carbocycles. The Balaban J connectivity index is 4.17. The van der Waals surface area contributed by atoms with Crippen LogP contribution >= 0.6 is 0 Å². The minimum absolute atomic E-state index is 0.331. The second-order valence-corrected chi connectivity index (χ2v) is 4.30. The molecule has 8 heteroatoms. The second kappa shape index (κ2) is 10.0. The van der Waals surface area contributed by atoms with Crippen LogP contribution in [-0.2, 0) is 14.3 Å². The minimum Gasteiger partial charge on any atom is -0.480 e. The molecule has 0 aliphatic carbocycles. The topological polar surface area (TPSA) is 117 Å². The Bertz CT molecular complexity index is 335. The fraction of sp³-hybridized carbons (Fsp3) is 0.750. The Hall–Kier alpha value is -1.83. The number of carbonyl (C=O) groups excluding carboxylic acids is 2. The third kappa shape index (κ3) is 7.57. The number of hydrogen-bond donors (Lipinski definition) is 4. The smallest absolute Gasteiger partial charge is 0.326 e. The Morgan fingerprint density at radius 3 is 2.40 bits per heavy atom. The molecular formula is C12H23N3O5. The largest absolute Gasteiger partial charge is 0.480 e. The van der Waals surface area contributed by atoms with E-state index < -0.39 is 24.1 Å². The highest BCUT2D eigenvalue weighted by Gasteiger charge is 2.21. The van der Waals surface area contributed by atoms with Crippen LogP contribution in [0.4, 0.5) is 4.79 Å². The summed E-state index contributed by atoms with van der Waals surface area (Å²) in [7, 11) is 1.51. The quantitative estimate of drug-likeness (QED) is 0.434. The molecule has 0 aliphatic heterocycles. The van der Waals surface area contributed by atoms with E-state index in [1.807, 2.05) is 6.92 Å². The Labute approximate surface area is 118 Å². The molecule has 4 N–H and O–H groups in total. The minimum atomic E-state index is -1.10. The predicted molar refractivity (Wildman–Crippen MR) is 72.3 cm³/mol. The van der Waals surface area contributed by atoms with Crippen LogP contribution in [0.5, 0.6) is 0 Å². The highest BCUT2D eigenvalue weighted by Crippen LogP contribution is 1.96. The number of ether oxygens (including phenoxy) is 1. The predicted octanol–water partition coefficient (Wildman–Crippen LogP) is -0.310. The lowest BCUT2D eigenvalue weighted by Gasteiger charge is -2.17. The van der Waals surface area contributed by atoms with Crippen LogP contribution in [0.1, 0.15) is 26.7 Å². The second-order valence-electron chi connectivity index (χ2n) is 4.30. The molecule has 0 fully saturated rings. The molecule has 0 aromatic heterocycles. The van der Waals surface area contributed by atoms with Crippen molar-refractivity contribution in [2.45, 2.75) is 38.8 Å². The first-order valence-electron chi connectivity index (χ1n) is 6.48. The van der Waals surface area contributed by atoms with Gasteiger partial charge in [0.25, 0.3) is 0 Å². The number of hydrogen-bond acceptors (Lipinski definition) is 4. The van der Waals surface area contributed by atoms with Gasteiger partial charge in [0.2, 0.25) is 5.91 Å². The Morgan fingerprint density at radius 1 is 1.25 bits per heavy atom. The van der Waals surface area contributed by atoms with Crippen molar-refractivity contribution < 1.29 is 24.2 Å². The first-order chi connectivity index (χ1) is 9.42. The molecular weight excluding hydrogens is 266 g/mol. The van der Waals surface area contributed by atoms with Gasteiger partial charge < -0.3 is 25.8 Å². The molecule has 0 heterocycles. The standard InChI is InChI=1S/C12H23N3O5/c1-4-5-9(11(17)18)15-12(19)14-8(2)10(16)13-6-7-20-3/h8-9H,4-7H2,1-3H3,(H,13,16)(H,17,18)(H2,14,15,19)/t8?,9-/m1/s1. The van der Waals surface area contributed by atoms with Crippen molar-refractivity contribution in [3.05, 3.63) is 0 Å². The third-order valence-corrected chi connectivity index (χ3v) is 2.53. The molecule has 1 unspecified atom stereocenters. The van der Waals surface area contributed by atoms with Gasteiger partial charge in [0.15, 0.2) is 0 Å². The highest BCUT2D eigenvalue weighted by atomic mass is 16.5. The SMILES string of the molecule is CCC[C@@H](NC(=O)NC(C)C(=O)NCCOC)C(=O)O. The van der Waals surface area contributed by atoms with Gasteiger partial charge in [0.1, 0.15) is 12.1 Å². The van der Waals surface area contributed by atoms with Crippen molar-refractivity contribution in [3.63, 3.8) is 0 Å². The van der Waals surface area contributed by atoms with Crippen molar-refractivity contribution in [2.24, 2.45) is 0 Å². The van der Waals surface area contributed by atoms with Gasteiger partial charge in [-0.05, 0) is 13.3 Å². The van der Waals surface area contributed by atoms with Gasteiger partial charge in [0, 0.05) is 13.7 Å². The molecule has 116 valence electrons. The summed E-state index contributed by atoms with van der Waals surface area (Å²) in [6, 6.07) is -2.40. The summed E-state index contributed by atoms with van der Waals surface area (Å²) in [6.45, 7) is 4.05. The van der Waals surface area contributed by atoms with Crippen LogP contribution in [-0.4, -0.2) is 55.4 Å². The maximum atomic E-state index is 11.6. The van der Waals surface area contributed by atoms with Crippen LogP contribution in [0.25, 0.3) is 0 Å². The first-order valence-corrected chi connectivity index (χ1v) is 6.48. The molecule has 0 bridgehead atoms. The molecule has 8 nitrogen and oxygen atoms in total. The Morgan fingerprint density at radius 2 is 1.90 bits per heavy atom. The summed E-state index contributed by atoms with van der Waals surface area (Å²) in [6.07, 6.45) is 0.960. The number of aliphatic carboxylic acids is 1. The average molecular weight is 289 g/mol. The van der Waals surface area contributed by atoms with Gasteiger partial charge in [-0.1, -0.05) is 13.3 Å². The number of nitrogens with one attached hydrogen (secondary N) is 3. The molecule has 0 aromatic rings. The highest BCUT2D eigenvalue weighted by molar-refractivity contribution is 5.88. The molecule has 20 heavy (non-hydrogen) atoms. The number of methoxy groups -OCH3 is 1. The average Bonchev–Trinajstić information content (AvgIpc) is 2.38. The first kappa shape index (κ1) is 18.2. The number of amides is 3. The summed E-state index contributed by atoms with van der Waals surface area (Å²) in [4.78, 5) is 34.0. The van der Waals surface area contributed by atoms with E-state index >= 15 is 0 Å². The summed E-state index contributed by atoms with van der Waals surface area (Å²) in [5, 5.41) is 16.2. The van der Waals surface area contributed by atoms with E-state index in [9.17, 15) is 14.4 Å². The van der Waals surface area contributed by atoms with Gasteiger partial charge >= 0.3 is 12.0 Å². The molecule has 2 atom stereocenters. The molecule has 0 rings (SSSR count). The van der Waals surface area contributed by atoms with Crippen LogP contribution in [0.2, 0.25) is 0 Å². The van der Waals surface area contributed by atoms with Crippen molar-refractivity contribution in [1.82, 2.24) is 16.0 Å². The van der Waals surface area contributed by atoms with Crippen LogP contribution < -0.4 is 16.0 Å². The van der Waals surface area contributed by atoms with E-state index in [0.29, 0.717) is 26.0 Å². The fourth-order valence-corrected chi connectivity index (χ4v) is 1.44. The molecule has 0 aliphatic rings. The number of carboxylic acids is 1. The number of carbonyl (C=O) groups is 3. The fourth-order valence-electron chi connectivity index (χ4n) is 1.44. The van der Waals surface area contributed by atoms with Gasteiger partial charge in [-0.25, -0.2) is 9.59 Å². The van der Waals surface area contributed by atoms with Crippen LogP contribution in [0.15, 0.2) is 0 Å². The molecule has 0 saturated heterocycles. The monoisotopic (exact) mass is 289 g/mol. The summed E-state index contributed by atoms with van der Waals surface area (Å²) in [5.74, 6) is -1.46. The van der Waals surface area contributed by atoms with E-state index in [1.165, 1.54) is 14.0 Å². The lowest BCUT2D eigenvalue weighted by Crippen LogP contribution is -2.52. The molecule has 0 radical (unpaired) electrons. The van der Waals surface area contributed by atoms with E-state index in [-0.39, 0.29) is 5.91 Å². The summed E-state index contributed by atoms with van der Waals surface area (Å²) in [5.41, 5.74) is 0. The van der Waals surface area contributed by atoms with Crippen LogP contribution in [0.3, 0.4) is 0 Å². The summed E-state index contributed by atoms with van der Waals surface area (Å²) >= 11 is 0. The van der Waals surface area contributed by atoms with E-state index in [0.717, 1.165) is 0 Å². The third-order valence-electron chi connectivity index (χ3n) is 2.53. The zero-order valence-corrected chi connectivity index (χ0v) is 12.1. The van der Waals surface area contributed by atoms with Gasteiger partial charge in [-0.15, -0.1) is 0 Å². The lowest BCUT2D eigenvalue weighted by atomic mass is 10.2. The van der Waals surface area contributed by atoms with Gasteiger partial charge in [0.05, 0.1) is 6.61 Å². The molecule has 0 saturated carbocycles. The van der Waals surface area contributed by atoms with Crippen molar-refractivity contribution in [3.8, 4) is 0 Å². The van der Waals surface area contributed by atoms with E-state index in [4.69, 9.17) is 9.84 Å². The van der Waals surface area contributed by atoms with E-state index in [2.05, 4.69) is 16.0 Å². The van der Waals surface area contributed by atoms with Gasteiger partial charge in [-0.2, -0.15) is 0 Å². The number of urea groups is 1. The van der Waals surface area contributed by atoms with Crippen molar-refractivity contribution in [1.29, 1.82) is 0 Å². The Kier molecular flexibility index (Phi) is 9.10. The lowest BCUT2D eigenvalue weighted by molar-refractivity contribution is -0.139. The van der Waals surface area contributed by atoms with Crippen molar-refractivity contribution in [2.75, 3.05) is 20.3 Å². The van der Waals surface area contributed by atoms with Crippen LogP contribution in [0, 0.1) is 0 Å².